The van der Waals surface area contributed by atoms with E-state index in [2.05, 4.69) is 21.3 Å². The number of hydrogen-bond donors (Lipinski definition) is 4. The van der Waals surface area contributed by atoms with Gasteiger partial charge >= 0.3 is 0 Å². The normalized spacial score (nSPS) is 16.1. The minimum absolute atomic E-state index is 0.108. The van der Waals surface area contributed by atoms with Crippen molar-refractivity contribution in [3.05, 3.63) is 83.9 Å². The summed E-state index contributed by atoms with van der Waals surface area (Å²) in [4.78, 5) is 61.9. The molecule has 1 heterocycles. The Bertz CT molecular complexity index is 1340. The number of rotatable bonds is 12. The lowest BCUT2D eigenvalue weighted by Gasteiger charge is -2.20. The third-order valence-corrected chi connectivity index (χ3v) is 6.80. The van der Waals surface area contributed by atoms with Crippen molar-refractivity contribution in [1.29, 1.82) is 0 Å². The lowest BCUT2D eigenvalue weighted by Crippen LogP contribution is -2.51. The number of carbonyl (C=O) groups is 5. The maximum Gasteiger partial charge on any atom is 0.243 e. The van der Waals surface area contributed by atoms with Crippen LogP contribution in [0.15, 0.2) is 72.8 Å². The monoisotopic (exact) mass is 528 g/mol. The van der Waals surface area contributed by atoms with E-state index in [0.717, 1.165) is 21.9 Å². The van der Waals surface area contributed by atoms with Gasteiger partial charge in [-0.3, -0.25) is 19.2 Å². The lowest BCUT2D eigenvalue weighted by atomic mass is 9.98. The van der Waals surface area contributed by atoms with Crippen LogP contribution >= 0.6 is 0 Å². The van der Waals surface area contributed by atoms with Gasteiger partial charge in [0.15, 0.2) is 0 Å². The second kappa shape index (κ2) is 13.3. The van der Waals surface area contributed by atoms with Crippen molar-refractivity contribution in [3.63, 3.8) is 0 Å². The van der Waals surface area contributed by atoms with E-state index in [0.29, 0.717) is 19.3 Å². The van der Waals surface area contributed by atoms with E-state index >= 15 is 0 Å². The average Bonchev–Trinajstić information content (AvgIpc) is 3.35. The Morgan fingerprint density at radius 1 is 0.923 bits per heavy atom. The molecule has 1 aliphatic heterocycles. The molecule has 1 aliphatic rings. The summed E-state index contributed by atoms with van der Waals surface area (Å²) in [5, 5.41) is 12.7. The molecule has 3 atom stereocenters. The molecule has 3 aromatic carbocycles. The number of fused-ring (bicyclic) bond motifs is 1. The van der Waals surface area contributed by atoms with E-state index < -0.39 is 23.9 Å². The highest BCUT2D eigenvalue weighted by Crippen LogP contribution is 2.20. The molecule has 1 fully saturated rings. The first-order valence-corrected chi connectivity index (χ1v) is 13.0. The van der Waals surface area contributed by atoms with Gasteiger partial charge in [-0.25, -0.2) is 0 Å². The van der Waals surface area contributed by atoms with Crippen molar-refractivity contribution < 1.29 is 24.0 Å². The van der Waals surface area contributed by atoms with E-state index in [1.54, 1.807) is 0 Å². The number of aldehydes is 1. The highest BCUT2D eigenvalue weighted by Gasteiger charge is 2.28. The van der Waals surface area contributed by atoms with Crippen LogP contribution < -0.4 is 21.3 Å². The maximum atomic E-state index is 13.2. The van der Waals surface area contributed by atoms with Crippen LogP contribution in [0.4, 0.5) is 0 Å². The predicted molar refractivity (Wildman–Crippen MR) is 146 cm³/mol. The molecule has 3 aromatic rings. The zero-order chi connectivity index (χ0) is 27.6. The highest BCUT2D eigenvalue weighted by molar-refractivity contribution is 5.93. The Morgan fingerprint density at radius 2 is 1.67 bits per heavy atom. The number of amides is 4. The molecule has 0 saturated carbocycles. The van der Waals surface area contributed by atoms with Crippen molar-refractivity contribution in [2.75, 3.05) is 13.1 Å². The molecule has 9 nitrogen and oxygen atoms in total. The second-order valence-electron chi connectivity index (χ2n) is 9.67. The third-order valence-electron chi connectivity index (χ3n) is 6.80. The maximum absolute atomic E-state index is 13.2. The van der Waals surface area contributed by atoms with Crippen molar-refractivity contribution in [2.45, 2.75) is 37.8 Å². The molecule has 4 N–H and O–H groups in total. The number of carbonyl (C=O) groups excluding carboxylic acids is 5. The van der Waals surface area contributed by atoms with Crippen LogP contribution in [0.5, 0.6) is 0 Å². The molecule has 0 aromatic heterocycles. The molecular weight excluding hydrogens is 496 g/mol. The molecule has 9 heteroatoms. The summed E-state index contributed by atoms with van der Waals surface area (Å²) in [6.07, 6.45) is 1.74. The first-order chi connectivity index (χ1) is 18.9. The summed E-state index contributed by atoms with van der Waals surface area (Å²) < 4.78 is 0. The smallest absolute Gasteiger partial charge is 0.243 e. The summed E-state index contributed by atoms with van der Waals surface area (Å²) in [6, 6.07) is 21.0. The zero-order valence-electron chi connectivity index (χ0n) is 21.5. The third kappa shape index (κ3) is 7.73. The molecule has 202 valence electrons. The average molecular weight is 529 g/mol. The van der Waals surface area contributed by atoms with Gasteiger partial charge in [0.2, 0.25) is 23.6 Å². The summed E-state index contributed by atoms with van der Waals surface area (Å²) >= 11 is 0. The molecular formula is C30H32N4O5. The fourth-order valence-corrected chi connectivity index (χ4v) is 4.80. The first-order valence-electron chi connectivity index (χ1n) is 13.0. The van der Waals surface area contributed by atoms with Crippen molar-refractivity contribution in [1.82, 2.24) is 21.3 Å². The molecule has 0 radical (unpaired) electrons. The van der Waals surface area contributed by atoms with Crippen LogP contribution in [0, 0.1) is 5.92 Å². The standard InChI is InChI=1S/C30H32N4O5/c35-19-24(16-23-13-14-31-29(23)38)33-28(37)18-32-30(39)26(34-27(36)15-20-7-2-1-3-8-20)17-22-11-6-10-21-9-4-5-12-25(21)22/h1-12,19,23-24,26H,13-18H2,(H,31,38)(H,32,39)(H,33,37)(H,34,36). The molecule has 4 amide bonds. The van der Waals surface area contributed by atoms with Gasteiger partial charge in [0, 0.05) is 18.9 Å². The van der Waals surface area contributed by atoms with Crippen LogP contribution in [0.25, 0.3) is 10.8 Å². The topological polar surface area (TPSA) is 133 Å². The Hall–Kier alpha value is -4.53. The number of nitrogens with one attached hydrogen (secondary N) is 4. The SMILES string of the molecule is O=CC(CC1CCNC1=O)NC(=O)CNC(=O)C(Cc1cccc2ccccc12)NC(=O)Cc1ccccc1. The van der Waals surface area contributed by atoms with Crippen LogP contribution in [-0.4, -0.2) is 55.1 Å². The van der Waals surface area contributed by atoms with E-state index in [-0.39, 0.29) is 43.5 Å². The molecule has 39 heavy (non-hydrogen) atoms. The summed E-state index contributed by atoms with van der Waals surface area (Å²) in [5.41, 5.74) is 1.70. The fraction of sp³-hybridized carbons (Fsp3) is 0.300. The van der Waals surface area contributed by atoms with Crippen LogP contribution in [-0.2, 0) is 36.8 Å². The van der Waals surface area contributed by atoms with Crippen LogP contribution in [0.2, 0.25) is 0 Å². The minimum Gasteiger partial charge on any atom is -0.356 e. The van der Waals surface area contributed by atoms with Gasteiger partial charge in [-0.15, -0.1) is 0 Å². The predicted octanol–water partition coefficient (Wildman–Crippen LogP) is 1.44. The highest BCUT2D eigenvalue weighted by atomic mass is 16.2. The van der Waals surface area contributed by atoms with Gasteiger partial charge in [0.05, 0.1) is 19.0 Å². The second-order valence-corrected chi connectivity index (χ2v) is 9.67. The van der Waals surface area contributed by atoms with Crippen molar-refractivity contribution in [3.8, 4) is 0 Å². The van der Waals surface area contributed by atoms with Gasteiger partial charge in [-0.2, -0.15) is 0 Å². The Morgan fingerprint density at radius 3 is 2.41 bits per heavy atom. The molecule has 3 unspecified atom stereocenters. The molecule has 0 spiro atoms. The molecule has 1 saturated heterocycles. The molecule has 0 aliphatic carbocycles. The fourth-order valence-electron chi connectivity index (χ4n) is 4.80. The van der Waals surface area contributed by atoms with E-state index in [4.69, 9.17) is 0 Å². The van der Waals surface area contributed by atoms with Crippen LogP contribution in [0.1, 0.15) is 24.0 Å². The first kappa shape index (κ1) is 27.5. The van der Waals surface area contributed by atoms with Gasteiger partial charge in [-0.1, -0.05) is 72.8 Å². The quantitative estimate of drug-likeness (QED) is 0.264. The zero-order valence-corrected chi connectivity index (χ0v) is 21.5. The summed E-state index contributed by atoms with van der Waals surface area (Å²) in [5.74, 6) is -1.86. The lowest BCUT2D eigenvalue weighted by molar-refractivity contribution is -0.130. The summed E-state index contributed by atoms with van der Waals surface area (Å²) in [6.45, 7) is 0.174. The summed E-state index contributed by atoms with van der Waals surface area (Å²) in [7, 11) is 0. The van der Waals surface area contributed by atoms with Gasteiger partial charge in [0.25, 0.3) is 0 Å². The van der Waals surface area contributed by atoms with Crippen molar-refractivity contribution >= 4 is 40.7 Å². The minimum atomic E-state index is -0.927. The Balaban J connectivity index is 1.41. The van der Waals surface area contributed by atoms with E-state index in [9.17, 15) is 24.0 Å². The van der Waals surface area contributed by atoms with Gasteiger partial charge < -0.3 is 26.1 Å². The van der Waals surface area contributed by atoms with Gasteiger partial charge in [0.1, 0.15) is 12.3 Å². The largest absolute Gasteiger partial charge is 0.356 e. The van der Waals surface area contributed by atoms with Crippen LogP contribution in [0.3, 0.4) is 0 Å². The van der Waals surface area contributed by atoms with Crippen molar-refractivity contribution in [2.24, 2.45) is 5.92 Å². The number of benzene rings is 3. The molecule has 4 rings (SSSR count). The van der Waals surface area contributed by atoms with E-state index in [1.165, 1.54) is 0 Å². The number of hydrogen-bond acceptors (Lipinski definition) is 5. The Kier molecular flexibility index (Phi) is 9.39. The Labute approximate surface area is 226 Å². The van der Waals surface area contributed by atoms with E-state index in [1.807, 2.05) is 72.8 Å². The van der Waals surface area contributed by atoms with Gasteiger partial charge in [-0.05, 0) is 34.7 Å². The molecule has 0 bridgehead atoms.